The molecular formula is C22H30N6O4S. The van der Waals surface area contributed by atoms with E-state index in [9.17, 15) is 14.9 Å². The number of anilines is 1. The molecule has 0 atom stereocenters. The summed E-state index contributed by atoms with van der Waals surface area (Å²) < 4.78 is 5.06. The lowest BCUT2D eigenvalue weighted by molar-refractivity contribution is -0.149. The number of rotatable bonds is 10. The van der Waals surface area contributed by atoms with Crippen molar-refractivity contribution in [1.29, 1.82) is 5.26 Å². The highest BCUT2D eigenvalue weighted by Crippen LogP contribution is 2.37. The molecule has 2 heterocycles. The van der Waals surface area contributed by atoms with Gasteiger partial charge in [0.1, 0.15) is 24.9 Å². The first kappa shape index (κ1) is 26.3. The van der Waals surface area contributed by atoms with E-state index >= 15 is 0 Å². The Morgan fingerprint density at radius 1 is 1.36 bits per heavy atom. The molecule has 1 aliphatic heterocycles. The van der Waals surface area contributed by atoms with E-state index in [0.717, 1.165) is 15.6 Å². The summed E-state index contributed by atoms with van der Waals surface area (Å²) in [6.45, 7) is 7.90. The maximum atomic E-state index is 12.1. The number of aliphatic hydroxyl groups excluding tert-OH is 1. The average molecular weight is 475 g/mol. The van der Waals surface area contributed by atoms with Crippen LogP contribution in [0.2, 0.25) is 0 Å². The highest BCUT2D eigenvalue weighted by atomic mass is 32.2. The first-order valence-electron chi connectivity index (χ1n) is 10.6. The largest absolute Gasteiger partial charge is 0.387 e. The van der Waals surface area contributed by atoms with E-state index in [0.29, 0.717) is 36.8 Å². The van der Waals surface area contributed by atoms with Crippen LogP contribution in [0.15, 0.2) is 28.4 Å². The van der Waals surface area contributed by atoms with Crippen molar-refractivity contribution < 1.29 is 19.4 Å². The molecule has 0 fully saturated rings. The summed E-state index contributed by atoms with van der Waals surface area (Å²) in [4.78, 5) is 33.6. The van der Waals surface area contributed by atoms with Gasteiger partial charge in [-0.3, -0.25) is 14.5 Å². The lowest BCUT2D eigenvalue weighted by Gasteiger charge is -2.20. The number of amides is 2. The minimum atomic E-state index is -0.750. The zero-order chi connectivity index (χ0) is 24.4. The van der Waals surface area contributed by atoms with Gasteiger partial charge in [0.2, 0.25) is 5.95 Å². The van der Waals surface area contributed by atoms with Crippen LogP contribution in [0.1, 0.15) is 39.8 Å². The molecule has 178 valence electrons. The van der Waals surface area contributed by atoms with Crippen molar-refractivity contribution in [2.75, 3.05) is 38.2 Å². The van der Waals surface area contributed by atoms with Crippen LogP contribution in [0.5, 0.6) is 0 Å². The second-order valence-corrected chi connectivity index (χ2v) is 9.00. The summed E-state index contributed by atoms with van der Waals surface area (Å²) in [5.41, 5.74) is 1.87. The normalized spacial score (nSPS) is 14.7. The number of nitriles is 1. The molecule has 0 unspecified atom stereocenters. The van der Waals surface area contributed by atoms with Crippen molar-refractivity contribution in [2.45, 2.75) is 34.1 Å². The molecule has 0 saturated carbocycles. The van der Waals surface area contributed by atoms with Crippen molar-refractivity contribution in [3.05, 3.63) is 34.1 Å². The Labute approximate surface area is 198 Å². The van der Waals surface area contributed by atoms with Crippen LogP contribution < -0.4 is 10.6 Å². The van der Waals surface area contributed by atoms with E-state index in [4.69, 9.17) is 9.84 Å². The number of hydrogen-bond donors (Lipinski definition) is 3. The summed E-state index contributed by atoms with van der Waals surface area (Å²) in [5.74, 6) is -0.842. The SMILES string of the molecule is CCOCC(=O)N(CCCNc1nccc(/C(C#N)=C2/NC(C(C)(C)C)=CS2)n1)C(=O)CO. The number of imide groups is 1. The number of aromatic nitrogens is 2. The van der Waals surface area contributed by atoms with Crippen molar-refractivity contribution in [3.63, 3.8) is 0 Å². The van der Waals surface area contributed by atoms with Gasteiger partial charge in [0, 0.05) is 37.0 Å². The standard InChI is InChI=1S/C22H30N6O4S/c1-5-32-13-19(31)28(18(30)12-29)10-6-8-24-21-25-9-7-16(26-21)15(11-23)20-27-17(14-33-20)22(2,3)4/h7,9,14,27,29H,5-6,8,10,12-13H2,1-4H3,(H,24,25,26)/b20-15-. The Kier molecular flexibility index (Phi) is 9.84. The third kappa shape index (κ3) is 7.56. The number of aliphatic hydroxyl groups is 1. The molecule has 0 saturated heterocycles. The van der Waals surface area contributed by atoms with E-state index in [-0.39, 0.29) is 18.6 Å². The van der Waals surface area contributed by atoms with E-state index < -0.39 is 18.4 Å². The fraction of sp³-hybridized carbons (Fsp3) is 0.500. The van der Waals surface area contributed by atoms with Crippen LogP contribution in [-0.4, -0.2) is 64.7 Å². The third-order valence-corrected chi connectivity index (χ3v) is 5.51. The predicted molar refractivity (Wildman–Crippen MR) is 126 cm³/mol. The molecule has 11 heteroatoms. The summed E-state index contributed by atoms with van der Waals surface area (Å²) >= 11 is 1.45. The average Bonchev–Trinajstić information content (AvgIpc) is 3.28. The Morgan fingerprint density at radius 3 is 2.73 bits per heavy atom. The summed E-state index contributed by atoms with van der Waals surface area (Å²) in [6, 6.07) is 3.89. The molecule has 33 heavy (non-hydrogen) atoms. The molecule has 0 aliphatic carbocycles. The first-order chi connectivity index (χ1) is 15.7. The maximum Gasteiger partial charge on any atom is 0.255 e. The van der Waals surface area contributed by atoms with E-state index in [1.54, 1.807) is 19.2 Å². The molecule has 1 aromatic rings. The number of allylic oxidation sites excluding steroid dienone is 2. The fourth-order valence-corrected chi connectivity index (χ4v) is 3.86. The topological polar surface area (TPSA) is 140 Å². The number of hydrogen-bond acceptors (Lipinski definition) is 10. The number of nitrogens with one attached hydrogen (secondary N) is 2. The van der Waals surface area contributed by atoms with Gasteiger partial charge in [0.15, 0.2) is 0 Å². The zero-order valence-electron chi connectivity index (χ0n) is 19.3. The van der Waals surface area contributed by atoms with Gasteiger partial charge in [-0.05, 0) is 24.8 Å². The predicted octanol–water partition coefficient (Wildman–Crippen LogP) is 2.08. The number of carbonyl (C=O) groups is 2. The van der Waals surface area contributed by atoms with Crippen molar-refractivity contribution in [2.24, 2.45) is 5.41 Å². The molecular weight excluding hydrogens is 444 g/mol. The molecule has 2 rings (SSSR count). The summed E-state index contributed by atoms with van der Waals surface area (Å²) in [6.07, 6.45) is 1.98. The molecule has 2 amide bonds. The Morgan fingerprint density at radius 2 is 2.12 bits per heavy atom. The van der Waals surface area contributed by atoms with Crippen LogP contribution in [0.3, 0.4) is 0 Å². The van der Waals surface area contributed by atoms with Crippen LogP contribution >= 0.6 is 11.8 Å². The highest BCUT2D eigenvalue weighted by Gasteiger charge is 2.25. The van der Waals surface area contributed by atoms with E-state index in [2.05, 4.69) is 47.4 Å². The van der Waals surface area contributed by atoms with Crippen LogP contribution in [-0.2, 0) is 14.3 Å². The van der Waals surface area contributed by atoms with E-state index in [1.165, 1.54) is 11.8 Å². The molecule has 3 N–H and O–H groups in total. The Balaban J connectivity index is 2.00. The van der Waals surface area contributed by atoms with Gasteiger partial charge >= 0.3 is 0 Å². The lowest BCUT2D eigenvalue weighted by atomic mass is 9.93. The number of thioether (sulfide) groups is 1. The van der Waals surface area contributed by atoms with Gasteiger partial charge < -0.3 is 20.5 Å². The van der Waals surface area contributed by atoms with Crippen molar-refractivity contribution in [3.8, 4) is 6.07 Å². The van der Waals surface area contributed by atoms with Gasteiger partial charge in [0.25, 0.3) is 11.8 Å². The van der Waals surface area contributed by atoms with Crippen LogP contribution in [0.4, 0.5) is 5.95 Å². The quantitative estimate of drug-likeness (QED) is 0.341. The smallest absolute Gasteiger partial charge is 0.255 e. The second kappa shape index (κ2) is 12.3. The van der Waals surface area contributed by atoms with Crippen molar-refractivity contribution >= 4 is 35.1 Å². The summed E-state index contributed by atoms with van der Waals surface area (Å²) in [7, 11) is 0. The molecule has 0 radical (unpaired) electrons. The van der Waals surface area contributed by atoms with Crippen LogP contribution in [0, 0.1) is 16.7 Å². The Hall–Kier alpha value is -2.94. The number of ether oxygens (including phenoxy) is 1. The minimum absolute atomic E-state index is 0.0664. The number of carbonyl (C=O) groups excluding carboxylic acids is 2. The van der Waals surface area contributed by atoms with Gasteiger partial charge in [-0.25, -0.2) is 9.97 Å². The Bertz CT molecular complexity index is 964. The zero-order valence-corrected chi connectivity index (χ0v) is 20.2. The molecule has 0 aromatic carbocycles. The summed E-state index contributed by atoms with van der Waals surface area (Å²) in [5, 5.41) is 27.9. The second-order valence-electron chi connectivity index (χ2n) is 8.12. The number of nitrogens with zero attached hydrogens (tertiary/aromatic N) is 4. The monoisotopic (exact) mass is 474 g/mol. The van der Waals surface area contributed by atoms with Gasteiger partial charge in [-0.2, -0.15) is 5.26 Å². The first-order valence-corrected chi connectivity index (χ1v) is 11.5. The molecule has 0 bridgehead atoms. The minimum Gasteiger partial charge on any atom is -0.387 e. The molecule has 1 aromatic heterocycles. The van der Waals surface area contributed by atoms with Gasteiger partial charge in [-0.1, -0.05) is 32.5 Å². The highest BCUT2D eigenvalue weighted by molar-refractivity contribution is 8.06. The molecule has 10 nitrogen and oxygen atoms in total. The molecule has 1 aliphatic rings. The van der Waals surface area contributed by atoms with E-state index in [1.807, 2.05) is 5.41 Å². The van der Waals surface area contributed by atoms with Crippen LogP contribution in [0.25, 0.3) is 5.57 Å². The van der Waals surface area contributed by atoms with Crippen molar-refractivity contribution in [1.82, 2.24) is 20.2 Å². The third-order valence-electron chi connectivity index (χ3n) is 4.61. The van der Waals surface area contributed by atoms with Gasteiger partial charge in [0.05, 0.1) is 10.7 Å². The fourth-order valence-electron chi connectivity index (χ4n) is 2.77. The van der Waals surface area contributed by atoms with Gasteiger partial charge in [-0.15, -0.1) is 0 Å². The molecule has 0 spiro atoms. The maximum absolute atomic E-state index is 12.1. The lowest BCUT2D eigenvalue weighted by Crippen LogP contribution is -2.42.